The molecular weight excluding hydrogens is 211 g/mol. The summed E-state index contributed by atoms with van der Waals surface area (Å²) < 4.78 is 17.7. The number of amides is 1. The van der Waals surface area contributed by atoms with E-state index in [4.69, 9.17) is 4.74 Å². The van der Waals surface area contributed by atoms with Crippen LogP contribution >= 0.6 is 0 Å². The molecule has 0 unspecified atom stereocenters. The Kier molecular flexibility index (Phi) is 4.72. The number of carbonyl (C=O) groups is 1. The molecule has 0 radical (unpaired) electrons. The van der Waals surface area contributed by atoms with Crippen LogP contribution in [0.1, 0.15) is 13.8 Å². The number of hydrazine groups is 1. The SMILES string of the molecule is CC(C)NNC(=O)COc1ccc(F)cc1. The van der Waals surface area contributed by atoms with Gasteiger partial charge in [0.25, 0.3) is 5.91 Å². The van der Waals surface area contributed by atoms with E-state index in [1.807, 2.05) is 13.8 Å². The highest BCUT2D eigenvalue weighted by Gasteiger charge is 2.02. The third kappa shape index (κ3) is 4.75. The molecule has 1 amide bonds. The van der Waals surface area contributed by atoms with E-state index in [1.165, 1.54) is 24.3 Å². The third-order valence-corrected chi connectivity index (χ3v) is 1.68. The fourth-order valence-electron chi connectivity index (χ4n) is 0.941. The summed E-state index contributed by atoms with van der Waals surface area (Å²) in [7, 11) is 0. The predicted octanol–water partition coefficient (Wildman–Crippen LogP) is 1.23. The Hall–Kier alpha value is -1.62. The molecule has 1 aromatic carbocycles. The number of carbonyl (C=O) groups excluding carboxylic acids is 1. The van der Waals surface area contributed by atoms with Crippen LogP contribution in [0.3, 0.4) is 0 Å². The maximum atomic E-state index is 12.6. The van der Waals surface area contributed by atoms with Crippen molar-refractivity contribution in [3.63, 3.8) is 0 Å². The van der Waals surface area contributed by atoms with E-state index >= 15 is 0 Å². The van der Waals surface area contributed by atoms with Gasteiger partial charge in [0.2, 0.25) is 0 Å². The lowest BCUT2D eigenvalue weighted by Crippen LogP contribution is -2.43. The van der Waals surface area contributed by atoms with E-state index in [-0.39, 0.29) is 24.4 Å². The van der Waals surface area contributed by atoms with Gasteiger partial charge in [-0.05, 0) is 38.1 Å². The van der Waals surface area contributed by atoms with Gasteiger partial charge in [0.1, 0.15) is 11.6 Å². The zero-order valence-corrected chi connectivity index (χ0v) is 9.29. The summed E-state index contributed by atoms with van der Waals surface area (Å²) in [4.78, 5) is 11.2. The van der Waals surface area contributed by atoms with Crippen LogP contribution in [0.2, 0.25) is 0 Å². The molecule has 0 saturated carbocycles. The molecule has 0 bridgehead atoms. The van der Waals surface area contributed by atoms with E-state index in [1.54, 1.807) is 0 Å². The smallest absolute Gasteiger partial charge is 0.271 e. The molecule has 0 aromatic heterocycles. The fraction of sp³-hybridized carbons (Fsp3) is 0.364. The lowest BCUT2D eigenvalue weighted by Gasteiger charge is -2.10. The van der Waals surface area contributed by atoms with Gasteiger partial charge < -0.3 is 4.74 Å². The molecule has 5 heteroatoms. The van der Waals surface area contributed by atoms with Crippen LogP contribution in [-0.2, 0) is 4.79 Å². The van der Waals surface area contributed by atoms with Crippen LogP contribution in [-0.4, -0.2) is 18.6 Å². The molecule has 0 aliphatic heterocycles. The quantitative estimate of drug-likeness (QED) is 0.742. The molecule has 0 atom stereocenters. The van der Waals surface area contributed by atoms with Gasteiger partial charge in [-0.1, -0.05) is 0 Å². The highest BCUT2D eigenvalue weighted by atomic mass is 19.1. The van der Waals surface area contributed by atoms with Crippen LogP contribution in [0.4, 0.5) is 4.39 Å². The van der Waals surface area contributed by atoms with Crippen molar-refractivity contribution in [3.05, 3.63) is 30.1 Å². The van der Waals surface area contributed by atoms with Gasteiger partial charge in [-0.3, -0.25) is 10.2 Å². The standard InChI is InChI=1S/C11H15FN2O2/c1-8(2)13-14-11(15)7-16-10-5-3-9(12)4-6-10/h3-6,8,13H,7H2,1-2H3,(H,14,15). The molecule has 0 spiro atoms. The molecule has 0 saturated heterocycles. The minimum Gasteiger partial charge on any atom is -0.484 e. The van der Waals surface area contributed by atoms with E-state index in [2.05, 4.69) is 10.9 Å². The van der Waals surface area contributed by atoms with E-state index in [9.17, 15) is 9.18 Å². The lowest BCUT2D eigenvalue weighted by atomic mass is 10.3. The van der Waals surface area contributed by atoms with Crippen molar-refractivity contribution in [2.45, 2.75) is 19.9 Å². The van der Waals surface area contributed by atoms with Crippen LogP contribution in [0.5, 0.6) is 5.75 Å². The fourth-order valence-corrected chi connectivity index (χ4v) is 0.941. The number of rotatable bonds is 5. The summed E-state index contributed by atoms with van der Waals surface area (Å²) in [6, 6.07) is 5.66. The average molecular weight is 226 g/mol. The molecule has 1 aromatic rings. The molecule has 1 rings (SSSR count). The first-order chi connectivity index (χ1) is 7.58. The number of benzene rings is 1. The molecular formula is C11H15FN2O2. The highest BCUT2D eigenvalue weighted by Crippen LogP contribution is 2.10. The normalized spacial score (nSPS) is 10.2. The van der Waals surface area contributed by atoms with Gasteiger partial charge in [-0.15, -0.1) is 0 Å². The summed E-state index contributed by atoms with van der Waals surface area (Å²) in [5.41, 5.74) is 5.23. The lowest BCUT2D eigenvalue weighted by molar-refractivity contribution is -0.124. The second-order valence-corrected chi connectivity index (χ2v) is 3.59. The third-order valence-electron chi connectivity index (χ3n) is 1.68. The van der Waals surface area contributed by atoms with Gasteiger partial charge >= 0.3 is 0 Å². The predicted molar refractivity (Wildman–Crippen MR) is 58.3 cm³/mol. The first-order valence-corrected chi connectivity index (χ1v) is 5.00. The summed E-state index contributed by atoms with van der Waals surface area (Å²) in [5.74, 6) is -0.155. The van der Waals surface area contributed by atoms with Gasteiger partial charge in [0.05, 0.1) is 0 Å². The summed E-state index contributed by atoms with van der Waals surface area (Å²) >= 11 is 0. The zero-order chi connectivity index (χ0) is 12.0. The monoisotopic (exact) mass is 226 g/mol. The summed E-state index contributed by atoms with van der Waals surface area (Å²) in [6.45, 7) is 3.70. The van der Waals surface area contributed by atoms with Gasteiger partial charge in [-0.25, -0.2) is 9.82 Å². The van der Waals surface area contributed by atoms with Crippen LogP contribution in [0.25, 0.3) is 0 Å². The minimum atomic E-state index is -0.335. The Bertz CT molecular complexity index is 338. The second kappa shape index (κ2) is 6.07. The van der Waals surface area contributed by atoms with E-state index < -0.39 is 0 Å². The van der Waals surface area contributed by atoms with Gasteiger partial charge in [0.15, 0.2) is 6.61 Å². The number of halogens is 1. The average Bonchev–Trinajstić information content (AvgIpc) is 2.25. The van der Waals surface area contributed by atoms with Gasteiger partial charge in [-0.2, -0.15) is 0 Å². The van der Waals surface area contributed by atoms with Crippen molar-refractivity contribution in [3.8, 4) is 5.75 Å². The largest absolute Gasteiger partial charge is 0.484 e. The summed E-state index contributed by atoms with van der Waals surface area (Å²) in [6.07, 6.45) is 0. The Balaban J connectivity index is 2.29. The maximum absolute atomic E-state index is 12.6. The molecule has 0 heterocycles. The van der Waals surface area contributed by atoms with Crippen LogP contribution in [0.15, 0.2) is 24.3 Å². The van der Waals surface area contributed by atoms with E-state index in [0.717, 1.165) is 0 Å². The molecule has 88 valence electrons. The molecule has 4 nitrogen and oxygen atoms in total. The Morgan fingerprint density at radius 3 is 2.56 bits per heavy atom. The van der Waals surface area contributed by atoms with Crippen LogP contribution < -0.4 is 15.6 Å². The molecule has 0 aliphatic carbocycles. The van der Waals surface area contributed by atoms with Crippen LogP contribution in [0, 0.1) is 5.82 Å². The van der Waals surface area contributed by atoms with Crippen molar-refractivity contribution in [1.29, 1.82) is 0 Å². The zero-order valence-electron chi connectivity index (χ0n) is 9.29. The Labute approximate surface area is 93.8 Å². The first kappa shape index (κ1) is 12.4. The topological polar surface area (TPSA) is 50.4 Å². The highest BCUT2D eigenvalue weighted by molar-refractivity contribution is 5.76. The van der Waals surface area contributed by atoms with E-state index in [0.29, 0.717) is 5.75 Å². The Morgan fingerprint density at radius 1 is 1.38 bits per heavy atom. The first-order valence-electron chi connectivity index (χ1n) is 5.00. The number of nitrogens with one attached hydrogen (secondary N) is 2. The van der Waals surface area contributed by atoms with Crippen molar-refractivity contribution in [2.75, 3.05) is 6.61 Å². The maximum Gasteiger partial charge on any atom is 0.271 e. The Morgan fingerprint density at radius 2 is 2.00 bits per heavy atom. The molecule has 0 fully saturated rings. The number of hydrogen-bond acceptors (Lipinski definition) is 3. The van der Waals surface area contributed by atoms with Crippen molar-refractivity contribution in [1.82, 2.24) is 10.9 Å². The van der Waals surface area contributed by atoms with Crippen molar-refractivity contribution >= 4 is 5.91 Å². The molecule has 16 heavy (non-hydrogen) atoms. The van der Waals surface area contributed by atoms with Gasteiger partial charge in [0, 0.05) is 6.04 Å². The minimum absolute atomic E-state index is 0.106. The molecule has 0 aliphatic rings. The summed E-state index contributed by atoms with van der Waals surface area (Å²) in [5, 5.41) is 0. The van der Waals surface area contributed by atoms with Crippen molar-refractivity contribution in [2.24, 2.45) is 0 Å². The molecule has 2 N–H and O–H groups in total. The number of ether oxygens (including phenoxy) is 1. The number of hydrogen-bond donors (Lipinski definition) is 2. The van der Waals surface area contributed by atoms with Crippen molar-refractivity contribution < 1.29 is 13.9 Å². The second-order valence-electron chi connectivity index (χ2n) is 3.59.